The van der Waals surface area contributed by atoms with E-state index in [-0.39, 0.29) is 19.6 Å². The molecule has 0 spiro atoms. The molecule has 2 rings (SSSR count). The normalized spacial score (nSPS) is 18.4. The van der Waals surface area contributed by atoms with Gasteiger partial charge >= 0.3 is 11.9 Å². The van der Waals surface area contributed by atoms with E-state index in [2.05, 4.69) is 6.92 Å². The molecule has 0 radical (unpaired) electrons. The van der Waals surface area contributed by atoms with Gasteiger partial charge in [-0.1, -0.05) is 102 Å². The highest BCUT2D eigenvalue weighted by Gasteiger charge is 2.35. The quantitative estimate of drug-likeness (QED) is 0.0458. The Labute approximate surface area is 266 Å². The van der Waals surface area contributed by atoms with Crippen LogP contribution in [-0.4, -0.2) is 70.0 Å². The minimum atomic E-state index is -4.63. The summed E-state index contributed by atoms with van der Waals surface area (Å²) in [5.74, 6) is 0.924. The number of carbonyl (C=O) groups excluding carboxylic acids is 2. The minimum Gasteiger partial charge on any atom is -0.756 e. The number of esters is 2. The Morgan fingerprint density at radius 3 is 2.07 bits per heavy atom. The predicted octanol–water partition coefficient (Wildman–Crippen LogP) is 7.08. The Morgan fingerprint density at radius 1 is 0.864 bits per heavy atom. The van der Waals surface area contributed by atoms with E-state index >= 15 is 0 Å². The molecule has 0 saturated heterocycles. The van der Waals surface area contributed by atoms with E-state index in [1.165, 1.54) is 70.6 Å². The van der Waals surface area contributed by atoms with E-state index in [0.29, 0.717) is 16.6 Å². The van der Waals surface area contributed by atoms with Crippen LogP contribution < -0.4 is 4.89 Å². The number of carbonyl (C=O) groups is 2. The fraction of sp³-hybridized carbons (Fsp3) is 0.765. The lowest BCUT2D eigenvalue weighted by Crippen LogP contribution is -2.37. The van der Waals surface area contributed by atoms with Gasteiger partial charge in [0.1, 0.15) is 19.8 Å². The molecule has 3 unspecified atom stereocenters. The Morgan fingerprint density at radius 2 is 1.45 bits per heavy atom. The van der Waals surface area contributed by atoms with Crippen molar-refractivity contribution in [2.24, 2.45) is 11.8 Å². The summed E-state index contributed by atoms with van der Waals surface area (Å²) in [6.07, 6.45) is 16.8. The maximum atomic E-state index is 12.6. The van der Waals surface area contributed by atoms with Crippen molar-refractivity contribution in [2.45, 2.75) is 109 Å². The lowest BCUT2D eigenvalue weighted by Gasteiger charge is -2.28. The lowest BCUT2D eigenvalue weighted by molar-refractivity contribution is -0.870. The maximum Gasteiger partial charge on any atom is 0.338 e. The number of hydrogen-bond acceptors (Lipinski definition) is 8. The molecule has 10 heteroatoms. The van der Waals surface area contributed by atoms with Crippen molar-refractivity contribution in [3.63, 3.8) is 0 Å². The van der Waals surface area contributed by atoms with Crippen LogP contribution >= 0.6 is 7.82 Å². The molecule has 0 aliphatic heterocycles. The van der Waals surface area contributed by atoms with Gasteiger partial charge in [-0.2, -0.15) is 0 Å². The van der Waals surface area contributed by atoms with Crippen LogP contribution in [0.1, 0.15) is 114 Å². The van der Waals surface area contributed by atoms with Crippen molar-refractivity contribution in [3.8, 4) is 0 Å². The number of likely N-dealkylation sites (N-methyl/N-ethyl adjacent to an activating group) is 1. The highest BCUT2D eigenvalue weighted by Crippen LogP contribution is 2.45. The summed E-state index contributed by atoms with van der Waals surface area (Å²) in [6.45, 7) is 1.85. The smallest absolute Gasteiger partial charge is 0.338 e. The van der Waals surface area contributed by atoms with Crippen LogP contribution in [0.25, 0.3) is 0 Å². The fourth-order valence-corrected chi connectivity index (χ4v) is 5.95. The van der Waals surface area contributed by atoms with Crippen LogP contribution in [-0.2, 0) is 27.9 Å². The van der Waals surface area contributed by atoms with Crippen LogP contribution in [0.4, 0.5) is 0 Å². The zero-order chi connectivity index (χ0) is 32.3. The first-order valence-corrected chi connectivity index (χ1v) is 18.3. The number of unbranched alkanes of at least 4 members (excludes halogenated alkanes) is 9. The molecule has 9 nitrogen and oxygen atoms in total. The van der Waals surface area contributed by atoms with Crippen LogP contribution in [0.3, 0.4) is 0 Å². The molecular formula is C34H58NO8P. The van der Waals surface area contributed by atoms with Gasteiger partial charge in [0.15, 0.2) is 6.10 Å². The fourth-order valence-electron chi connectivity index (χ4n) is 5.22. The summed E-state index contributed by atoms with van der Waals surface area (Å²) in [7, 11) is 1.10. The average molecular weight is 640 g/mol. The molecule has 1 aliphatic carbocycles. The van der Waals surface area contributed by atoms with E-state index < -0.39 is 32.5 Å². The standard InChI is InChI=1S/C34H58NO8P/c1-5-6-7-14-21-30-26-31(30)22-15-11-9-8-10-12-18-23-33(36)40-27-32(43-34(37)29-19-16-13-17-20-29)28-42-44(38,39)41-25-24-35(2,3)4/h13,16-17,19-20,30-32H,5-12,14-15,18,21-28H2,1-4H3/t30?,31?,32-/m1/s1. The summed E-state index contributed by atoms with van der Waals surface area (Å²) in [4.78, 5) is 37.1. The van der Waals surface area contributed by atoms with Crippen molar-refractivity contribution in [1.82, 2.24) is 0 Å². The van der Waals surface area contributed by atoms with Gasteiger partial charge in [0.25, 0.3) is 7.82 Å². The zero-order valence-corrected chi connectivity index (χ0v) is 28.6. The van der Waals surface area contributed by atoms with Crippen LogP contribution in [0.15, 0.2) is 30.3 Å². The number of phosphoric ester groups is 1. The molecule has 1 aromatic carbocycles. The first-order chi connectivity index (χ1) is 21.0. The Balaban J connectivity index is 1.60. The number of phosphoric acid groups is 1. The number of hydrogen-bond donors (Lipinski definition) is 0. The summed E-state index contributed by atoms with van der Waals surface area (Å²) < 4.78 is 33.4. The first kappa shape index (κ1) is 38.4. The maximum absolute atomic E-state index is 12.6. The second kappa shape index (κ2) is 21.1. The second-order valence-electron chi connectivity index (χ2n) is 13.3. The molecule has 252 valence electrons. The molecule has 0 aromatic heterocycles. The van der Waals surface area contributed by atoms with Gasteiger partial charge in [0.2, 0.25) is 0 Å². The van der Waals surface area contributed by atoms with Crippen molar-refractivity contribution in [3.05, 3.63) is 35.9 Å². The molecule has 1 aromatic rings. The minimum absolute atomic E-state index is 0.0477. The van der Waals surface area contributed by atoms with Crippen LogP contribution in [0, 0.1) is 11.8 Å². The van der Waals surface area contributed by atoms with Crippen molar-refractivity contribution < 1.29 is 42.1 Å². The third kappa shape index (κ3) is 18.9. The molecule has 0 N–H and O–H groups in total. The average Bonchev–Trinajstić information content (AvgIpc) is 3.73. The zero-order valence-electron chi connectivity index (χ0n) is 27.7. The molecule has 1 saturated carbocycles. The lowest BCUT2D eigenvalue weighted by atomic mass is 10.0. The Bertz CT molecular complexity index is 983. The number of ether oxygens (including phenoxy) is 2. The van der Waals surface area contributed by atoms with Gasteiger partial charge in [-0.3, -0.25) is 9.36 Å². The van der Waals surface area contributed by atoms with Crippen molar-refractivity contribution in [1.29, 1.82) is 0 Å². The molecule has 44 heavy (non-hydrogen) atoms. The van der Waals surface area contributed by atoms with Crippen molar-refractivity contribution in [2.75, 3.05) is 47.5 Å². The monoisotopic (exact) mass is 639 g/mol. The SMILES string of the molecule is CCCCCCC1CC1CCCCCCCCCC(=O)OC[C@H](COP(=O)([O-])OCC[N+](C)(C)C)OC(=O)c1ccccc1. The first-order valence-electron chi connectivity index (χ1n) is 16.8. The molecule has 4 atom stereocenters. The predicted molar refractivity (Wildman–Crippen MR) is 171 cm³/mol. The summed E-state index contributed by atoms with van der Waals surface area (Å²) in [6, 6.07) is 8.30. The molecule has 0 heterocycles. The van der Waals surface area contributed by atoms with E-state index in [1.54, 1.807) is 30.3 Å². The van der Waals surface area contributed by atoms with Gasteiger partial charge in [-0.15, -0.1) is 0 Å². The van der Waals surface area contributed by atoms with Gasteiger partial charge in [0.05, 0.1) is 33.3 Å². The topological polar surface area (TPSA) is 111 Å². The Hall–Kier alpha value is -1.77. The van der Waals surface area contributed by atoms with Crippen LogP contribution in [0.2, 0.25) is 0 Å². The summed E-state index contributed by atoms with van der Waals surface area (Å²) in [5.41, 5.74) is 0.294. The number of rotatable bonds is 26. The van der Waals surface area contributed by atoms with Gasteiger partial charge in [-0.05, 0) is 36.8 Å². The molecular weight excluding hydrogens is 581 g/mol. The number of quaternary nitrogens is 1. The van der Waals surface area contributed by atoms with Crippen LogP contribution in [0.5, 0.6) is 0 Å². The second-order valence-corrected chi connectivity index (χ2v) is 14.7. The van der Waals surface area contributed by atoms with Gasteiger partial charge < -0.3 is 27.9 Å². The van der Waals surface area contributed by atoms with E-state index in [9.17, 15) is 19.0 Å². The molecule has 1 aliphatic rings. The number of benzene rings is 1. The van der Waals surface area contributed by atoms with Crippen molar-refractivity contribution >= 4 is 19.8 Å². The van der Waals surface area contributed by atoms with E-state index in [0.717, 1.165) is 31.1 Å². The van der Waals surface area contributed by atoms with Gasteiger partial charge in [0, 0.05) is 6.42 Å². The molecule has 1 fully saturated rings. The molecule has 0 bridgehead atoms. The third-order valence-corrected chi connectivity index (χ3v) is 9.06. The largest absolute Gasteiger partial charge is 0.756 e. The summed E-state index contributed by atoms with van der Waals surface area (Å²) in [5, 5.41) is 0. The van der Waals surface area contributed by atoms with E-state index in [4.69, 9.17) is 18.5 Å². The van der Waals surface area contributed by atoms with Gasteiger partial charge in [-0.25, -0.2) is 4.79 Å². The highest BCUT2D eigenvalue weighted by atomic mass is 31.2. The van der Waals surface area contributed by atoms with E-state index in [1.807, 2.05) is 21.1 Å². The highest BCUT2D eigenvalue weighted by molar-refractivity contribution is 7.45. The molecule has 0 amide bonds. The Kier molecular flexibility index (Phi) is 18.4. The number of nitrogens with zero attached hydrogens (tertiary/aromatic N) is 1. The summed E-state index contributed by atoms with van der Waals surface area (Å²) >= 11 is 0. The third-order valence-electron chi connectivity index (χ3n) is 8.10.